The molecule has 116 valence electrons. The van der Waals surface area contributed by atoms with Crippen molar-refractivity contribution in [2.45, 2.75) is 58.7 Å². The second-order valence-corrected chi connectivity index (χ2v) is 7.08. The minimum absolute atomic E-state index is 0.386. The third-order valence-corrected chi connectivity index (χ3v) is 5.36. The molecular formula is C12H25F3O3Si. The van der Waals surface area contributed by atoms with Crippen LogP contribution in [-0.4, -0.2) is 34.8 Å². The predicted molar refractivity (Wildman–Crippen MR) is 70.0 cm³/mol. The van der Waals surface area contributed by atoms with Gasteiger partial charge >= 0.3 is 15.0 Å². The normalized spacial score (nSPS) is 12.9. The Kier molecular flexibility index (Phi) is 9.68. The highest BCUT2D eigenvalue weighted by molar-refractivity contribution is 6.60. The van der Waals surface area contributed by atoms with Crippen molar-refractivity contribution in [1.82, 2.24) is 0 Å². The Labute approximate surface area is 114 Å². The lowest BCUT2D eigenvalue weighted by atomic mass is 10.5. The number of hydrogen-bond acceptors (Lipinski definition) is 3. The maximum atomic E-state index is 12.2. The molecule has 19 heavy (non-hydrogen) atoms. The smallest absolute Gasteiger partial charge is 0.373 e. The highest BCUT2D eigenvalue weighted by Gasteiger charge is 2.41. The molecule has 0 aliphatic heterocycles. The molecule has 7 heteroatoms. The van der Waals surface area contributed by atoms with Crippen molar-refractivity contribution in [3.05, 3.63) is 0 Å². The molecule has 0 atom stereocenters. The Morgan fingerprint density at radius 2 is 1.26 bits per heavy atom. The van der Waals surface area contributed by atoms with Gasteiger partial charge in [0.2, 0.25) is 0 Å². The first-order valence-electron chi connectivity index (χ1n) is 6.87. The van der Waals surface area contributed by atoms with Gasteiger partial charge in [0.15, 0.2) is 0 Å². The van der Waals surface area contributed by atoms with Crippen LogP contribution in [0.3, 0.4) is 0 Å². The van der Waals surface area contributed by atoms with Crippen LogP contribution in [0.2, 0.25) is 6.04 Å². The van der Waals surface area contributed by atoms with Gasteiger partial charge < -0.3 is 13.3 Å². The van der Waals surface area contributed by atoms with Gasteiger partial charge in [0.25, 0.3) is 0 Å². The quantitative estimate of drug-likeness (QED) is 0.536. The van der Waals surface area contributed by atoms with Gasteiger partial charge in [0.05, 0.1) is 6.42 Å². The zero-order valence-corrected chi connectivity index (χ0v) is 13.0. The molecule has 0 spiro atoms. The van der Waals surface area contributed by atoms with Crippen molar-refractivity contribution in [2.24, 2.45) is 0 Å². The molecule has 0 aliphatic rings. The number of halogens is 3. The van der Waals surface area contributed by atoms with Crippen molar-refractivity contribution >= 4 is 8.80 Å². The fraction of sp³-hybridized carbons (Fsp3) is 1.00. The van der Waals surface area contributed by atoms with Crippen molar-refractivity contribution in [3.8, 4) is 0 Å². The maximum Gasteiger partial charge on any atom is 0.500 e. The molecule has 0 aromatic heterocycles. The molecule has 0 amide bonds. The minimum Gasteiger partial charge on any atom is -0.373 e. The van der Waals surface area contributed by atoms with E-state index in [1.54, 1.807) is 0 Å². The van der Waals surface area contributed by atoms with Crippen molar-refractivity contribution in [2.75, 3.05) is 19.8 Å². The SMILES string of the molecule is CCCO[Si](CCC)(OCCC)OCCC(F)(F)F. The molecule has 3 nitrogen and oxygen atoms in total. The molecule has 0 aromatic carbocycles. The van der Waals surface area contributed by atoms with Crippen LogP contribution in [-0.2, 0) is 13.3 Å². The van der Waals surface area contributed by atoms with E-state index in [0.29, 0.717) is 19.3 Å². The van der Waals surface area contributed by atoms with E-state index in [2.05, 4.69) is 0 Å². The zero-order valence-electron chi connectivity index (χ0n) is 12.0. The topological polar surface area (TPSA) is 27.7 Å². The summed E-state index contributed by atoms with van der Waals surface area (Å²) >= 11 is 0. The first-order chi connectivity index (χ1) is 8.89. The summed E-state index contributed by atoms with van der Waals surface area (Å²) in [6.45, 7) is 6.37. The Balaban J connectivity index is 4.48. The Bertz CT molecular complexity index is 217. The second kappa shape index (κ2) is 9.74. The van der Waals surface area contributed by atoms with E-state index in [4.69, 9.17) is 13.3 Å². The third-order valence-electron chi connectivity index (χ3n) is 2.32. The van der Waals surface area contributed by atoms with Crippen molar-refractivity contribution in [1.29, 1.82) is 0 Å². The molecule has 0 saturated heterocycles. The summed E-state index contributed by atoms with van der Waals surface area (Å²) in [5.41, 5.74) is 0. The van der Waals surface area contributed by atoms with E-state index >= 15 is 0 Å². The molecule has 0 N–H and O–H groups in total. The molecule has 0 aromatic rings. The van der Waals surface area contributed by atoms with E-state index in [9.17, 15) is 13.2 Å². The predicted octanol–water partition coefficient (Wildman–Crippen LogP) is 4.16. The first-order valence-corrected chi connectivity index (χ1v) is 8.81. The molecule has 0 bridgehead atoms. The summed E-state index contributed by atoms with van der Waals surface area (Å²) in [6, 6.07) is 0.560. The largest absolute Gasteiger partial charge is 0.500 e. The van der Waals surface area contributed by atoms with E-state index in [0.717, 1.165) is 19.3 Å². The number of rotatable bonds is 11. The van der Waals surface area contributed by atoms with Gasteiger partial charge in [-0.15, -0.1) is 0 Å². The summed E-state index contributed by atoms with van der Waals surface area (Å²) < 4.78 is 53.3. The van der Waals surface area contributed by atoms with Crippen LogP contribution in [0.25, 0.3) is 0 Å². The maximum absolute atomic E-state index is 12.2. The van der Waals surface area contributed by atoms with Crippen LogP contribution in [0.5, 0.6) is 0 Å². The monoisotopic (exact) mass is 302 g/mol. The van der Waals surface area contributed by atoms with Gasteiger partial charge in [0.1, 0.15) is 0 Å². The lowest BCUT2D eigenvalue weighted by Crippen LogP contribution is -2.46. The molecule has 0 fully saturated rings. The van der Waals surface area contributed by atoms with Gasteiger partial charge in [-0.05, 0) is 12.8 Å². The fourth-order valence-electron chi connectivity index (χ4n) is 1.49. The summed E-state index contributed by atoms with van der Waals surface area (Å²) in [5, 5.41) is 0. The van der Waals surface area contributed by atoms with Crippen LogP contribution in [0.4, 0.5) is 13.2 Å². The van der Waals surface area contributed by atoms with Gasteiger partial charge in [-0.3, -0.25) is 0 Å². The van der Waals surface area contributed by atoms with Crippen LogP contribution >= 0.6 is 0 Å². The lowest BCUT2D eigenvalue weighted by molar-refractivity contribution is -0.142. The summed E-state index contributed by atoms with van der Waals surface area (Å²) in [5.74, 6) is 0. The van der Waals surface area contributed by atoms with Gasteiger partial charge in [0, 0.05) is 25.9 Å². The standard InChI is InChI=1S/C12H25F3O3Si/c1-4-8-16-19(11-6-3,17-9-5-2)18-10-7-12(13,14)15/h4-11H2,1-3H3. The van der Waals surface area contributed by atoms with Crippen LogP contribution < -0.4 is 0 Å². The Morgan fingerprint density at radius 1 is 0.789 bits per heavy atom. The van der Waals surface area contributed by atoms with Gasteiger partial charge in [-0.2, -0.15) is 13.2 Å². The highest BCUT2D eigenvalue weighted by Crippen LogP contribution is 2.23. The molecule has 0 heterocycles. The van der Waals surface area contributed by atoms with Crippen LogP contribution in [0.1, 0.15) is 46.5 Å². The molecular weight excluding hydrogens is 277 g/mol. The van der Waals surface area contributed by atoms with Crippen molar-refractivity contribution in [3.63, 3.8) is 0 Å². The average Bonchev–Trinajstić information content (AvgIpc) is 2.32. The number of hydrogen-bond donors (Lipinski definition) is 0. The van der Waals surface area contributed by atoms with Crippen LogP contribution in [0.15, 0.2) is 0 Å². The van der Waals surface area contributed by atoms with E-state index in [1.165, 1.54) is 0 Å². The minimum atomic E-state index is -4.21. The lowest BCUT2D eigenvalue weighted by Gasteiger charge is -2.29. The van der Waals surface area contributed by atoms with Crippen molar-refractivity contribution < 1.29 is 26.4 Å². The molecule has 0 rings (SSSR count). The van der Waals surface area contributed by atoms with E-state index in [-0.39, 0.29) is 6.61 Å². The number of alkyl halides is 3. The molecule has 0 radical (unpaired) electrons. The van der Waals surface area contributed by atoms with Crippen LogP contribution in [0, 0.1) is 0 Å². The Hall–Kier alpha value is -0.113. The zero-order chi connectivity index (χ0) is 14.8. The molecule has 0 unspecified atom stereocenters. The first kappa shape index (κ1) is 18.9. The van der Waals surface area contributed by atoms with E-state index < -0.39 is 21.4 Å². The highest BCUT2D eigenvalue weighted by atomic mass is 28.4. The van der Waals surface area contributed by atoms with Gasteiger partial charge in [-0.25, -0.2) is 0 Å². The summed E-state index contributed by atoms with van der Waals surface area (Å²) in [7, 11) is -2.94. The Morgan fingerprint density at radius 3 is 1.63 bits per heavy atom. The summed E-state index contributed by atoms with van der Waals surface area (Å²) in [6.07, 6.45) is -2.82. The average molecular weight is 302 g/mol. The van der Waals surface area contributed by atoms with Gasteiger partial charge in [-0.1, -0.05) is 27.2 Å². The summed E-state index contributed by atoms with van der Waals surface area (Å²) in [4.78, 5) is 0. The molecule has 0 aliphatic carbocycles. The fourth-order valence-corrected chi connectivity index (χ4v) is 4.22. The second-order valence-electron chi connectivity index (χ2n) is 4.34. The third kappa shape index (κ3) is 9.42. The van der Waals surface area contributed by atoms with E-state index in [1.807, 2.05) is 20.8 Å². The molecule has 0 saturated carbocycles.